The number of Topliss-reactive ketones (excluding diaryl/α,β-unsaturated/α-hetero) is 1. The zero-order valence-corrected chi connectivity index (χ0v) is 13.7. The van der Waals surface area contributed by atoms with Crippen molar-refractivity contribution in [2.45, 2.75) is 12.8 Å². The molecule has 0 atom stereocenters. The third kappa shape index (κ3) is 2.88. The van der Waals surface area contributed by atoms with E-state index in [-0.39, 0.29) is 17.2 Å². The number of aromatic amines is 1. The maximum absolute atomic E-state index is 12.6. The second-order valence-electron chi connectivity index (χ2n) is 6.10. The zero-order valence-electron chi connectivity index (χ0n) is 13.7. The molecule has 1 aliphatic carbocycles. The summed E-state index contributed by atoms with van der Waals surface area (Å²) in [6.45, 7) is 0.674. The summed E-state index contributed by atoms with van der Waals surface area (Å²) in [6.07, 6.45) is 7.33. The summed E-state index contributed by atoms with van der Waals surface area (Å²) in [5, 5.41) is 3.93. The number of pyridine rings is 1. The number of ether oxygens (including phenoxy) is 2. The van der Waals surface area contributed by atoms with Crippen LogP contribution in [0.4, 0.5) is 0 Å². The summed E-state index contributed by atoms with van der Waals surface area (Å²) in [5.41, 5.74) is 1.39. The van der Waals surface area contributed by atoms with Crippen molar-refractivity contribution in [3.05, 3.63) is 47.3 Å². The van der Waals surface area contributed by atoms with Gasteiger partial charge in [-0.15, -0.1) is 0 Å². The Kier molecular flexibility index (Phi) is 3.76. The van der Waals surface area contributed by atoms with Crippen LogP contribution in [-0.2, 0) is 19.1 Å². The van der Waals surface area contributed by atoms with Crippen LogP contribution in [0.25, 0.3) is 17.1 Å². The highest BCUT2D eigenvalue weighted by molar-refractivity contribution is 6.26. The van der Waals surface area contributed by atoms with E-state index in [0.29, 0.717) is 18.1 Å². The molecule has 0 bridgehead atoms. The minimum Gasteiger partial charge on any atom is -0.465 e. The molecule has 1 fully saturated rings. The smallest absolute Gasteiger partial charge is 0.347 e. The van der Waals surface area contributed by atoms with Gasteiger partial charge in [-0.2, -0.15) is 0 Å². The second-order valence-corrected chi connectivity index (χ2v) is 6.10. The van der Waals surface area contributed by atoms with Crippen molar-refractivity contribution in [1.82, 2.24) is 15.3 Å². The Morgan fingerprint density at radius 3 is 3.12 bits per heavy atom. The lowest BCUT2D eigenvalue weighted by Gasteiger charge is -2.07. The molecule has 0 amide bonds. The molecule has 0 spiro atoms. The summed E-state index contributed by atoms with van der Waals surface area (Å²) in [4.78, 5) is 31.9. The van der Waals surface area contributed by atoms with Gasteiger partial charge in [0.1, 0.15) is 5.65 Å². The molecule has 3 heterocycles. The van der Waals surface area contributed by atoms with Gasteiger partial charge in [-0.05, 0) is 37.0 Å². The predicted molar refractivity (Wildman–Crippen MR) is 89.9 cm³/mol. The molecule has 7 heteroatoms. The summed E-state index contributed by atoms with van der Waals surface area (Å²) >= 11 is 0. The normalized spacial score (nSPS) is 18.8. The van der Waals surface area contributed by atoms with Crippen molar-refractivity contribution < 1.29 is 19.1 Å². The lowest BCUT2D eigenvalue weighted by atomic mass is 10.1. The van der Waals surface area contributed by atoms with E-state index in [1.54, 1.807) is 18.5 Å². The van der Waals surface area contributed by atoms with E-state index in [0.717, 1.165) is 23.8 Å². The Balaban J connectivity index is 1.65. The van der Waals surface area contributed by atoms with Gasteiger partial charge in [0, 0.05) is 29.9 Å². The van der Waals surface area contributed by atoms with Crippen LogP contribution >= 0.6 is 0 Å². The topological polar surface area (TPSA) is 93.3 Å². The van der Waals surface area contributed by atoms with Crippen molar-refractivity contribution in [2.24, 2.45) is 5.92 Å². The average Bonchev–Trinajstić information content (AvgIpc) is 3.30. The Hall–Kier alpha value is -3.09. The maximum Gasteiger partial charge on any atom is 0.347 e. The summed E-state index contributed by atoms with van der Waals surface area (Å²) < 4.78 is 10.4. The van der Waals surface area contributed by atoms with E-state index in [1.165, 1.54) is 7.11 Å². The third-order valence-corrected chi connectivity index (χ3v) is 4.30. The molecule has 1 aliphatic heterocycles. The molecule has 0 radical (unpaired) electrons. The number of fused-ring (bicyclic) bond motifs is 1. The minimum atomic E-state index is -0.702. The highest BCUT2D eigenvalue weighted by atomic mass is 16.5. The second kappa shape index (κ2) is 6.08. The number of allylic oxidation sites excluding steroid dienone is 1. The van der Waals surface area contributed by atoms with E-state index in [2.05, 4.69) is 15.3 Å². The fourth-order valence-electron chi connectivity index (χ4n) is 2.74. The van der Waals surface area contributed by atoms with Gasteiger partial charge in [-0.3, -0.25) is 4.79 Å². The van der Waals surface area contributed by atoms with E-state index in [1.807, 2.05) is 12.1 Å². The number of rotatable bonds is 5. The van der Waals surface area contributed by atoms with Crippen molar-refractivity contribution in [3.8, 4) is 0 Å². The van der Waals surface area contributed by atoms with Crippen molar-refractivity contribution >= 4 is 28.9 Å². The molecule has 25 heavy (non-hydrogen) atoms. The Bertz CT molecular complexity index is 921. The SMILES string of the molecule is COC(=O)C1=C(NCC2CC2)O/C(=C\c2c[nH]c3ncccc23)C1=O. The molecule has 2 aliphatic rings. The molecule has 2 N–H and O–H groups in total. The number of hydrogen-bond donors (Lipinski definition) is 2. The quantitative estimate of drug-likeness (QED) is 0.491. The van der Waals surface area contributed by atoms with Gasteiger partial charge in [-0.25, -0.2) is 9.78 Å². The van der Waals surface area contributed by atoms with Gasteiger partial charge in [0.2, 0.25) is 11.7 Å². The van der Waals surface area contributed by atoms with E-state index in [9.17, 15) is 9.59 Å². The molecule has 0 aromatic carbocycles. The number of methoxy groups -OCH3 is 1. The summed E-state index contributed by atoms with van der Waals surface area (Å²) in [5.74, 6) is -0.357. The lowest BCUT2D eigenvalue weighted by Crippen LogP contribution is -2.21. The van der Waals surface area contributed by atoms with Gasteiger partial charge in [-0.1, -0.05) is 0 Å². The number of hydrogen-bond acceptors (Lipinski definition) is 6. The first-order chi connectivity index (χ1) is 12.2. The number of carbonyl (C=O) groups is 2. The highest BCUT2D eigenvalue weighted by Gasteiger charge is 2.37. The van der Waals surface area contributed by atoms with Gasteiger partial charge >= 0.3 is 5.97 Å². The number of aromatic nitrogens is 2. The monoisotopic (exact) mass is 339 g/mol. The number of esters is 1. The Morgan fingerprint density at radius 2 is 2.36 bits per heavy atom. The molecule has 2 aromatic rings. The fraction of sp³-hybridized carbons (Fsp3) is 0.278. The molecule has 4 rings (SSSR count). The Morgan fingerprint density at radius 1 is 1.52 bits per heavy atom. The molecule has 7 nitrogen and oxygen atoms in total. The highest BCUT2D eigenvalue weighted by Crippen LogP contribution is 2.31. The van der Waals surface area contributed by atoms with Crippen LogP contribution in [-0.4, -0.2) is 35.4 Å². The van der Waals surface area contributed by atoms with E-state index >= 15 is 0 Å². The first kappa shape index (κ1) is 15.4. The maximum atomic E-state index is 12.6. The van der Waals surface area contributed by atoms with Crippen molar-refractivity contribution in [3.63, 3.8) is 0 Å². The molecule has 2 aromatic heterocycles. The fourth-order valence-corrected chi connectivity index (χ4v) is 2.74. The third-order valence-electron chi connectivity index (χ3n) is 4.30. The lowest BCUT2D eigenvalue weighted by molar-refractivity contribution is -0.137. The van der Waals surface area contributed by atoms with Gasteiger partial charge in [0.15, 0.2) is 11.3 Å². The number of ketones is 1. The van der Waals surface area contributed by atoms with Crippen molar-refractivity contribution in [1.29, 1.82) is 0 Å². The molecule has 0 unspecified atom stereocenters. The minimum absolute atomic E-state index is 0.0865. The van der Waals surface area contributed by atoms with Gasteiger partial charge in [0.25, 0.3) is 0 Å². The van der Waals surface area contributed by atoms with E-state index < -0.39 is 11.8 Å². The van der Waals surface area contributed by atoms with E-state index in [4.69, 9.17) is 9.47 Å². The van der Waals surface area contributed by atoms with Gasteiger partial charge < -0.3 is 19.8 Å². The molecular weight excluding hydrogens is 322 g/mol. The first-order valence-corrected chi connectivity index (χ1v) is 8.10. The van der Waals surface area contributed by atoms with Crippen LogP contribution in [0.15, 0.2) is 41.7 Å². The van der Waals surface area contributed by atoms with Gasteiger partial charge in [0.05, 0.1) is 7.11 Å². The molecule has 1 saturated carbocycles. The number of nitrogens with one attached hydrogen (secondary N) is 2. The standard InChI is InChI=1S/C18H17N3O4/c1-24-18(23)14-15(22)13(25-17(14)21-8-10-4-5-10)7-11-9-20-16-12(11)3-2-6-19-16/h2-3,6-7,9-10,21H,4-5,8H2,1H3,(H,19,20)/b13-7-. The molecule has 0 saturated heterocycles. The molecular formula is C18H17N3O4. The average molecular weight is 339 g/mol. The molecule has 128 valence electrons. The summed E-state index contributed by atoms with van der Waals surface area (Å²) in [7, 11) is 1.24. The number of carbonyl (C=O) groups excluding carboxylic acids is 2. The van der Waals surface area contributed by atoms with Crippen LogP contribution in [0.3, 0.4) is 0 Å². The van der Waals surface area contributed by atoms with Crippen LogP contribution in [0.2, 0.25) is 0 Å². The predicted octanol–water partition coefficient (Wildman–Crippen LogP) is 1.89. The van der Waals surface area contributed by atoms with Crippen LogP contribution in [0.1, 0.15) is 18.4 Å². The largest absolute Gasteiger partial charge is 0.465 e. The number of H-pyrrole nitrogens is 1. The van der Waals surface area contributed by atoms with Crippen LogP contribution in [0.5, 0.6) is 0 Å². The Labute approximate surface area is 143 Å². The number of nitrogens with zero attached hydrogens (tertiary/aromatic N) is 1. The first-order valence-electron chi connectivity index (χ1n) is 8.10. The summed E-state index contributed by atoms with van der Waals surface area (Å²) in [6, 6.07) is 3.71. The van der Waals surface area contributed by atoms with Crippen LogP contribution < -0.4 is 5.32 Å². The van der Waals surface area contributed by atoms with Crippen LogP contribution in [0, 0.1) is 5.92 Å². The zero-order chi connectivity index (χ0) is 17.4. The van der Waals surface area contributed by atoms with Crippen molar-refractivity contribution in [2.75, 3.05) is 13.7 Å².